The maximum Gasteiger partial charge on any atom is 0.191 e. The van der Waals surface area contributed by atoms with Crippen LogP contribution in [0.4, 0.5) is 0 Å². The van der Waals surface area contributed by atoms with E-state index in [0.29, 0.717) is 17.6 Å². The summed E-state index contributed by atoms with van der Waals surface area (Å²) < 4.78 is 11.2. The molecule has 2 atom stereocenters. The molecule has 2 saturated carbocycles. The van der Waals surface area contributed by atoms with E-state index in [-0.39, 0.29) is 0 Å². The molecule has 2 aliphatic rings. The highest BCUT2D eigenvalue weighted by Crippen LogP contribution is 2.57. The largest absolute Gasteiger partial charge is 0.382 e. The van der Waals surface area contributed by atoms with E-state index in [9.17, 15) is 0 Å². The quantitative estimate of drug-likeness (QED) is 0.408. The zero-order valence-corrected chi connectivity index (χ0v) is 13.8. The number of rotatable bonds is 8. The van der Waals surface area contributed by atoms with Crippen LogP contribution in [-0.2, 0) is 9.47 Å². The molecule has 0 aromatic rings. The van der Waals surface area contributed by atoms with Crippen LogP contribution in [0.15, 0.2) is 4.99 Å². The van der Waals surface area contributed by atoms with Gasteiger partial charge in [-0.15, -0.1) is 0 Å². The normalized spacial score (nSPS) is 27.1. The van der Waals surface area contributed by atoms with Gasteiger partial charge < -0.3 is 20.1 Å². The predicted octanol–water partition coefficient (Wildman–Crippen LogP) is 1.93. The average Bonchev–Trinajstić information content (AvgIpc) is 2.42. The summed E-state index contributed by atoms with van der Waals surface area (Å²) in [6, 6.07) is 0.515. The minimum absolute atomic E-state index is 0.374. The first-order chi connectivity index (χ1) is 10.3. The molecule has 21 heavy (non-hydrogen) atoms. The van der Waals surface area contributed by atoms with Crippen molar-refractivity contribution >= 4 is 5.96 Å². The zero-order chi connectivity index (χ0) is 15.1. The minimum atomic E-state index is 0.374. The van der Waals surface area contributed by atoms with Crippen LogP contribution in [0.1, 0.15) is 46.0 Å². The summed E-state index contributed by atoms with van der Waals surface area (Å²) in [4.78, 5) is 4.34. The highest BCUT2D eigenvalue weighted by atomic mass is 16.5. The predicted molar refractivity (Wildman–Crippen MR) is 85.7 cm³/mol. The number of hydrogen-bond acceptors (Lipinski definition) is 3. The summed E-state index contributed by atoms with van der Waals surface area (Å²) in [6.07, 6.45) is 6.47. The van der Waals surface area contributed by atoms with Gasteiger partial charge in [0.2, 0.25) is 0 Å². The molecule has 0 bridgehead atoms. The van der Waals surface area contributed by atoms with Crippen molar-refractivity contribution in [1.82, 2.24) is 10.6 Å². The molecule has 0 radical (unpaired) electrons. The summed E-state index contributed by atoms with van der Waals surface area (Å²) in [5.74, 6) is 0.915. The Balaban J connectivity index is 1.73. The molecule has 2 fully saturated rings. The lowest BCUT2D eigenvalue weighted by Gasteiger charge is -2.61. The van der Waals surface area contributed by atoms with Crippen molar-refractivity contribution in [2.75, 3.05) is 33.4 Å². The topological polar surface area (TPSA) is 54.9 Å². The Morgan fingerprint density at radius 2 is 2.10 bits per heavy atom. The van der Waals surface area contributed by atoms with Crippen LogP contribution in [0, 0.1) is 5.41 Å². The Labute approximate surface area is 128 Å². The molecule has 5 heteroatoms. The van der Waals surface area contributed by atoms with E-state index in [0.717, 1.165) is 45.2 Å². The van der Waals surface area contributed by atoms with Gasteiger partial charge >= 0.3 is 0 Å². The standard InChI is InChI=1S/C16H31N3O2/c1-4-20-11-7-10-18-15(17-3)19-13-12-14(21-5-2)16(13)8-6-9-16/h13-14H,4-12H2,1-3H3,(H2,17,18,19). The third-order valence-corrected chi connectivity index (χ3v) is 4.93. The smallest absolute Gasteiger partial charge is 0.191 e. The van der Waals surface area contributed by atoms with E-state index in [1.165, 1.54) is 19.3 Å². The number of aliphatic imine (C=N–C) groups is 1. The van der Waals surface area contributed by atoms with Crippen molar-refractivity contribution in [1.29, 1.82) is 0 Å². The Morgan fingerprint density at radius 1 is 1.29 bits per heavy atom. The summed E-state index contributed by atoms with van der Waals surface area (Å²) in [6.45, 7) is 7.43. The Morgan fingerprint density at radius 3 is 2.67 bits per heavy atom. The van der Waals surface area contributed by atoms with Gasteiger partial charge in [0.05, 0.1) is 6.10 Å². The van der Waals surface area contributed by atoms with Crippen molar-refractivity contribution in [2.24, 2.45) is 10.4 Å². The SMILES string of the molecule is CCOCCCNC(=NC)NC1CC(OCC)C12CCC2. The van der Waals surface area contributed by atoms with E-state index in [4.69, 9.17) is 9.47 Å². The van der Waals surface area contributed by atoms with Gasteiger partial charge in [-0.25, -0.2) is 0 Å². The third kappa shape index (κ3) is 3.69. The number of nitrogens with one attached hydrogen (secondary N) is 2. The lowest BCUT2D eigenvalue weighted by molar-refractivity contribution is -0.168. The molecule has 0 aliphatic heterocycles. The maximum absolute atomic E-state index is 5.89. The molecule has 0 heterocycles. The monoisotopic (exact) mass is 297 g/mol. The molecule has 2 aliphatic carbocycles. The van der Waals surface area contributed by atoms with E-state index < -0.39 is 0 Å². The number of ether oxygens (including phenoxy) is 2. The number of nitrogens with zero attached hydrogens (tertiary/aromatic N) is 1. The van der Waals surface area contributed by atoms with Crippen molar-refractivity contribution < 1.29 is 9.47 Å². The van der Waals surface area contributed by atoms with E-state index in [1.807, 2.05) is 14.0 Å². The molecule has 0 aromatic carbocycles. The minimum Gasteiger partial charge on any atom is -0.382 e. The fraction of sp³-hybridized carbons (Fsp3) is 0.938. The lowest BCUT2D eigenvalue weighted by Crippen LogP contribution is -2.68. The molecule has 2 rings (SSSR count). The van der Waals surface area contributed by atoms with Crippen LogP contribution in [0.25, 0.3) is 0 Å². The third-order valence-electron chi connectivity index (χ3n) is 4.93. The van der Waals surface area contributed by atoms with Crippen LogP contribution in [0.5, 0.6) is 0 Å². The molecule has 1 spiro atoms. The Kier molecular flexibility index (Phi) is 6.30. The molecular formula is C16H31N3O2. The van der Waals surface area contributed by atoms with Gasteiger partial charge in [0.25, 0.3) is 0 Å². The molecule has 0 amide bonds. The van der Waals surface area contributed by atoms with Gasteiger partial charge in [0.15, 0.2) is 5.96 Å². The molecule has 5 nitrogen and oxygen atoms in total. The summed E-state index contributed by atoms with van der Waals surface area (Å²) in [5, 5.41) is 6.97. The van der Waals surface area contributed by atoms with Gasteiger partial charge in [-0.05, 0) is 39.5 Å². The average molecular weight is 297 g/mol. The molecule has 2 N–H and O–H groups in total. The maximum atomic E-state index is 5.89. The first-order valence-corrected chi connectivity index (χ1v) is 8.43. The second-order valence-corrected chi connectivity index (χ2v) is 6.01. The van der Waals surface area contributed by atoms with Crippen LogP contribution in [-0.4, -0.2) is 51.5 Å². The number of hydrogen-bond donors (Lipinski definition) is 2. The lowest BCUT2D eigenvalue weighted by atomic mass is 9.51. The van der Waals surface area contributed by atoms with Gasteiger partial charge in [-0.1, -0.05) is 6.42 Å². The van der Waals surface area contributed by atoms with Gasteiger partial charge in [0, 0.05) is 44.9 Å². The second kappa shape index (κ2) is 7.99. The fourth-order valence-corrected chi connectivity index (χ4v) is 3.53. The van der Waals surface area contributed by atoms with Crippen molar-refractivity contribution in [2.45, 2.75) is 58.1 Å². The van der Waals surface area contributed by atoms with E-state index >= 15 is 0 Å². The Hall–Kier alpha value is -0.810. The van der Waals surface area contributed by atoms with Crippen LogP contribution < -0.4 is 10.6 Å². The Bertz CT molecular complexity index is 342. The number of guanidine groups is 1. The molecule has 2 unspecified atom stereocenters. The molecule has 122 valence electrons. The highest BCUT2D eigenvalue weighted by Gasteiger charge is 2.59. The van der Waals surface area contributed by atoms with Gasteiger partial charge in [0.1, 0.15) is 0 Å². The summed E-state index contributed by atoms with van der Waals surface area (Å²) >= 11 is 0. The van der Waals surface area contributed by atoms with Crippen molar-refractivity contribution in [3.8, 4) is 0 Å². The first-order valence-electron chi connectivity index (χ1n) is 8.43. The van der Waals surface area contributed by atoms with Crippen molar-refractivity contribution in [3.05, 3.63) is 0 Å². The van der Waals surface area contributed by atoms with E-state index in [1.54, 1.807) is 0 Å². The zero-order valence-electron chi connectivity index (χ0n) is 13.8. The fourth-order valence-electron chi connectivity index (χ4n) is 3.53. The second-order valence-electron chi connectivity index (χ2n) is 6.01. The summed E-state index contributed by atoms with van der Waals surface area (Å²) in [5.41, 5.74) is 0.374. The first kappa shape index (κ1) is 16.6. The summed E-state index contributed by atoms with van der Waals surface area (Å²) in [7, 11) is 1.84. The van der Waals surface area contributed by atoms with Crippen molar-refractivity contribution in [3.63, 3.8) is 0 Å². The van der Waals surface area contributed by atoms with Gasteiger partial charge in [-0.2, -0.15) is 0 Å². The van der Waals surface area contributed by atoms with Gasteiger partial charge in [-0.3, -0.25) is 4.99 Å². The molecular weight excluding hydrogens is 266 g/mol. The van der Waals surface area contributed by atoms with E-state index in [2.05, 4.69) is 22.5 Å². The highest BCUT2D eigenvalue weighted by molar-refractivity contribution is 5.80. The molecule has 0 saturated heterocycles. The van der Waals surface area contributed by atoms with Crippen LogP contribution >= 0.6 is 0 Å². The van der Waals surface area contributed by atoms with Crippen LogP contribution in [0.3, 0.4) is 0 Å². The van der Waals surface area contributed by atoms with Crippen LogP contribution in [0.2, 0.25) is 0 Å². The molecule has 0 aromatic heterocycles.